The number of anilines is 1. The number of carbonyl (C=O) groups is 1. The lowest BCUT2D eigenvalue weighted by Gasteiger charge is -2.08. The van der Waals surface area contributed by atoms with Gasteiger partial charge < -0.3 is 10.6 Å². The molecule has 1 aromatic heterocycles. The van der Waals surface area contributed by atoms with E-state index in [0.29, 0.717) is 11.0 Å². The van der Waals surface area contributed by atoms with Crippen molar-refractivity contribution in [1.82, 2.24) is 15.3 Å². The Hall–Kier alpha value is -1.20. The first-order chi connectivity index (χ1) is 7.08. The molecule has 5 nitrogen and oxygen atoms in total. The van der Waals surface area contributed by atoms with Crippen LogP contribution in [0.1, 0.15) is 13.8 Å². The van der Waals surface area contributed by atoms with Crippen molar-refractivity contribution in [1.29, 1.82) is 0 Å². The second-order valence-corrected chi connectivity index (χ2v) is 3.70. The van der Waals surface area contributed by atoms with Crippen molar-refractivity contribution >= 4 is 23.3 Å². The van der Waals surface area contributed by atoms with Gasteiger partial charge in [0.15, 0.2) is 0 Å². The Morgan fingerprint density at radius 3 is 2.87 bits per heavy atom. The molecule has 0 atom stereocenters. The minimum Gasteiger partial charge on any atom is -0.309 e. The Morgan fingerprint density at radius 1 is 1.53 bits per heavy atom. The monoisotopic (exact) mass is 228 g/mol. The lowest BCUT2D eigenvalue weighted by atomic mass is 10.4. The zero-order valence-corrected chi connectivity index (χ0v) is 9.38. The van der Waals surface area contributed by atoms with Crippen molar-refractivity contribution < 1.29 is 4.79 Å². The summed E-state index contributed by atoms with van der Waals surface area (Å²) in [5.41, 5.74) is 0. The van der Waals surface area contributed by atoms with Gasteiger partial charge in [-0.3, -0.25) is 4.79 Å². The van der Waals surface area contributed by atoms with Gasteiger partial charge in [0.05, 0.1) is 6.54 Å². The lowest BCUT2D eigenvalue weighted by Crippen LogP contribution is -2.32. The molecule has 0 fully saturated rings. The molecule has 15 heavy (non-hydrogen) atoms. The molecule has 0 bridgehead atoms. The number of hydrogen-bond acceptors (Lipinski definition) is 4. The van der Waals surface area contributed by atoms with Crippen molar-refractivity contribution in [3.05, 3.63) is 17.5 Å². The highest BCUT2D eigenvalue weighted by atomic mass is 35.5. The summed E-state index contributed by atoms with van der Waals surface area (Å²) in [6.07, 6.45) is 1.30. The first-order valence-electron chi connectivity index (χ1n) is 4.58. The average Bonchev–Trinajstić information content (AvgIpc) is 2.15. The molecule has 1 aromatic rings. The zero-order valence-electron chi connectivity index (χ0n) is 8.62. The van der Waals surface area contributed by atoms with Gasteiger partial charge in [-0.1, -0.05) is 25.4 Å². The van der Waals surface area contributed by atoms with Gasteiger partial charge >= 0.3 is 0 Å². The highest BCUT2D eigenvalue weighted by molar-refractivity contribution is 6.29. The molecule has 2 N–H and O–H groups in total. The lowest BCUT2D eigenvalue weighted by molar-refractivity contribution is -0.115. The topological polar surface area (TPSA) is 66.9 Å². The van der Waals surface area contributed by atoms with Gasteiger partial charge in [-0.25, -0.2) is 9.97 Å². The summed E-state index contributed by atoms with van der Waals surface area (Å²) >= 11 is 5.64. The summed E-state index contributed by atoms with van der Waals surface area (Å²) in [4.78, 5) is 18.9. The normalized spacial score (nSPS) is 10.4. The number of carbonyl (C=O) groups excluding carboxylic acids is 1. The van der Waals surface area contributed by atoms with Crippen LogP contribution in [-0.4, -0.2) is 28.5 Å². The van der Waals surface area contributed by atoms with E-state index in [1.54, 1.807) is 0 Å². The van der Waals surface area contributed by atoms with E-state index in [-0.39, 0.29) is 18.5 Å². The van der Waals surface area contributed by atoms with E-state index in [4.69, 9.17) is 11.6 Å². The SMILES string of the molecule is CC(C)NCC(=O)Nc1cc(Cl)ncn1. The number of nitrogens with one attached hydrogen (secondary N) is 2. The largest absolute Gasteiger partial charge is 0.309 e. The van der Waals surface area contributed by atoms with Crippen LogP contribution >= 0.6 is 11.6 Å². The Labute approximate surface area is 93.3 Å². The molecule has 0 spiro atoms. The van der Waals surface area contributed by atoms with Gasteiger partial charge in [0, 0.05) is 12.1 Å². The summed E-state index contributed by atoms with van der Waals surface area (Å²) in [6.45, 7) is 4.18. The quantitative estimate of drug-likeness (QED) is 0.757. The molecule has 0 aliphatic rings. The van der Waals surface area contributed by atoms with Gasteiger partial charge in [0.2, 0.25) is 5.91 Å². The summed E-state index contributed by atoms with van der Waals surface area (Å²) in [7, 11) is 0. The highest BCUT2D eigenvalue weighted by Crippen LogP contribution is 2.07. The van der Waals surface area contributed by atoms with Crippen LogP contribution in [0.2, 0.25) is 5.15 Å². The first-order valence-corrected chi connectivity index (χ1v) is 4.96. The van der Waals surface area contributed by atoms with Gasteiger partial charge in [-0.2, -0.15) is 0 Å². The number of aromatic nitrogens is 2. The molecule has 82 valence electrons. The fourth-order valence-corrected chi connectivity index (χ4v) is 1.03. The molecule has 0 saturated heterocycles. The van der Waals surface area contributed by atoms with Crippen LogP contribution in [0.25, 0.3) is 0 Å². The van der Waals surface area contributed by atoms with Crippen LogP contribution in [-0.2, 0) is 4.79 Å². The number of amides is 1. The van der Waals surface area contributed by atoms with Crippen molar-refractivity contribution in [2.45, 2.75) is 19.9 Å². The van der Waals surface area contributed by atoms with E-state index in [0.717, 1.165) is 0 Å². The summed E-state index contributed by atoms with van der Waals surface area (Å²) in [6, 6.07) is 1.76. The Morgan fingerprint density at radius 2 is 2.27 bits per heavy atom. The summed E-state index contributed by atoms with van der Waals surface area (Å²) < 4.78 is 0. The Kier molecular flexibility index (Phi) is 4.45. The van der Waals surface area contributed by atoms with Gasteiger partial charge in [-0.05, 0) is 0 Å². The average molecular weight is 229 g/mol. The number of nitrogens with zero attached hydrogens (tertiary/aromatic N) is 2. The molecule has 6 heteroatoms. The highest BCUT2D eigenvalue weighted by Gasteiger charge is 2.04. The smallest absolute Gasteiger partial charge is 0.239 e. The third-order valence-corrected chi connectivity index (χ3v) is 1.78. The van der Waals surface area contributed by atoms with Crippen LogP contribution < -0.4 is 10.6 Å². The third kappa shape index (κ3) is 4.71. The minimum absolute atomic E-state index is 0.154. The van der Waals surface area contributed by atoms with Crippen LogP contribution in [0.15, 0.2) is 12.4 Å². The molecule has 1 rings (SSSR count). The molecule has 1 heterocycles. The standard InChI is InChI=1S/C9H13ClN4O/c1-6(2)11-4-9(15)14-8-3-7(10)12-5-13-8/h3,5-6,11H,4H2,1-2H3,(H,12,13,14,15). The van der Waals surface area contributed by atoms with Crippen LogP contribution in [0, 0.1) is 0 Å². The van der Waals surface area contributed by atoms with Gasteiger partial charge in [-0.15, -0.1) is 0 Å². The Bertz CT molecular complexity index is 343. The molecule has 0 aliphatic carbocycles. The minimum atomic E-state index is -0.154. The van der Waals surface area contributed by atoms with E-state index in [2.05, 4.69) is 20.6 Å². The van der Waals surface area contributed by atoms with Crippen molar-refractivity contribution in [2.75, 3.05) is 11.9 Å². The number of rotatable bonds is 4. The molecule has 0 saturated carbocycles. The van der Waals surface area contributed by atoms with Crippen molar-refractivity contribution in [2.24, 2.45) is 0 Å². The summed E-state index contributed by atoms with van der Waals surface area (Å²) in [5, 5.41) is 5.90. The second kappa shape index (κ2) is 5.63. The molecule has 0 aromatic carbocycles. The molecule has 1 amide bonds. The van der Waals surface area contributed by atoms with Crippen molar-refractivity contribution in [3.8, 4) is 0 Å². The molecule has 0 aliphatic heterocycles. The predicted molar refractivity (Wildman–Crippen MR) is 58.8 cm³/mol. The Balaban J connectivity index is 2.44. The zero-order chi connectivity index (χ0) is 11.3. The van der Waals surface area contributed by atoms with Crippen molar-refractivity contribution in [3.63, 3.8) is 0 Å². The van der Waals surface area contributed by atoms with Crippen LogP contribution in [0.4, 0.5) is 5.82 Å². The van der Waals surface area contributed by atoms with E-state index >= 15 is 0 Å². The van der Waals surface area contributed by atoms with Gasteiger partial charge in [0.1, 0.15) is 17.3 Å². The first kappa shape index (κ1) is 11.9. The summed E-state index contributed by atoms with van der Waals surface area (Å²) in [5.74, 6) is 0.254. The maximum absolute atomic E-state index is 11.4. The molecule has 0 radical (unpaired) electrons. The fourth-order valence-electron chi connectivity index (χ4n) is 0.886. The molecular weight excluding hydrogens is 216 g/mol. The third-order valence-electron chi connectivity index (χ3n) is 1.57. The molecule has 0 unspecified atom stereocenters. The predicted octanol–water partition coefficient (Wildman–Crippen LogP) is 1.07. The van der Waals surface area contributed by atoms with E-state index in [1.807, 2.05) is 13.8 Å². The van der Waals surface area contributed by atoms with E-state index in [9.17, 15) is 4.79 Å². The molecular formula is C9H13ClN4O. The van der Waals surface area contributed by atoms with E-state index < -0.39 is 0 Å². The maximum Gasteiger partial charge on any atom is 0.239 e. The fraction of sp³-hybridized carbons (Fsp3) is 0.444. The van der Waals surface area contributed by atoms with Crippen LogP contribution in [0.5, 0.6) is 0 Å². The van der Waals surface area contributed by atoms with E-state index in [1.165, 1.54) is 12.4 Å². The number of hydrogen-bond donors (Lipinski definition) is 2. The second-order valence-electron chi connectivity index (χ2n) is 3.31. The number of halogens is 1. The maximum atomic E-state index is 11.4. The van der Waals surface area contributed by atoms with Crippen LogP contribution in [0.3, 0.4) is 0 Å². The van der Waals surface area contributed by atoms with Gasteiger partial charge in [0.25, 0.3) is 0 Å².